The number of carbonyl (C=O) groups excluding carboxylic acids is 1. The molecule has 91 valence electrons. The molecular formula is C14H17O3. The highest BCUT2D eigenvalue weighted by Crippen LogP contribution is 2.30. The molecule has 1 aromatic rings. The second-order valence-corrected chi connectivity index (χ2v) is 4.17. The summed E-state index contributed by atoms with van der Waals surface area (Å²) in [5.41, 5.74) is 0.864. The van der Waals surface area contributed by atoms with Crippen LogP contribution in [0.2, 0.25) is 0 Å². The Bertz CT molecular complexity index is 393. The third-order valence-electron chi connectivity index (χ3n) is 2.72. The van der Waals surface area contributed by atoms with Crippen molar-refractivity contribution in [2.75, 3.05) is 0 Å². The van der Waals surface area contributed by atoms with Gasteiger partial charge in [0, 0.05) is 11.0 Å². The van der Waals surface area contributed by atoms with Gasteiger partial charge in [0.2, 0.25) is 0 Å². The summed E-state index contributed by atoms with van der Waals surface area (Å²) < 4.78 is 0. The van der Waals surface area contributed by atoms with Gasteiger partial charge in [0.15, 0.2) is 0 Å². The molecule has 1 radical (unpaired) electrons. The summed E-state index contributed by atoms with van der Waals surface area (Å²) in [5, 5.41) is 0. The SMILES string of the molecule is C=C(C(=O)OO[CH]C)C(C)(C)c1ccccc1. The second-order valence-electron chi connectivity index (χ2n) is 4.17. The second kappa shape index (κ2) is 5.64. The molecule has 1 aromatic carbocycles. The van der Waals surface area contributed by atoms with E-state index in [2.05, 4.69) is 16.4 Å². The Kier molecular flexibility index (Phi) is 4.46. The van der Waals surface area contributed by atoms with Gasteiger partial charge in [-0.1, -0.05) is 50.8 Å². The third kappa shape index (κ3) is 3.17. The van der Waals surface area contributed by atoms with Crippen LogP contribution < -0.4 is 0 Å². The van der Waals surface area contributed by atoms with E-state index in [1.807, 2.05) is 44.2 Å². The maximum atomic E-state index is 11.7. The Balaban J connectivity index is 2.84. The molecule has 0 saturated heterocycles. The molecule has 0 fully saturated rings. The van der Waals surface area contributed by atoms with Crippen molar-refractivity contribution in [2.24, 2.45) is 0 Å². The van der Waals surface area contributed by atoms with E-state index in [1.54, 1.807) is 6.92 Å². The van der Waals surface area contributed by atoms with Crippen molar-refractivity contribution in [3.8, 4) is 0 Å². The van der Waals surface area contributed by atoms with Crippen LogP contribution in [0.15, 0.2) is 42.5 Å². The minimum atomic E-state index is -0.558. The van der Waals surface area contributed by atoms with Crippen LogP contribution in [0.1, 0.15) is 26.3 Å². The van der Waals surface area contributed by atoms with Crippen LogP contribution in [0.3, 0.4) is 0 Å². The van der Waals surface area contributed by atoms with Gasteiger partial charge in [0.05, 0.1) is 0 Å². The number of hydrogen-bond acceptors (Lipinski definition) is 3. The van der Waals surface area contributed by atoms with Crippen molar-refractivity contribution < 1.29 is 14.6 Å². The van der Waals surface area contributed by atoms with Gasteiger partial charge in [-0.15, -0.1) is 0 Å². The highest BCUT2D eigenvalue weighted by molar-refractivity contribution is 5.90. The van der Waals surface area contributed by atoms with Crippen molar-refractivity contribution in [2.45, 2.75) is 26.2 Å². The summed E-state index contributed by atoms with van der Waals surface area (Å²) >= 11 is 0. The smallest absolute Gasteiger partial charge is 0.293 e. The quantitative estimate of drug-likeness (QED) is 0.445. The minimum absolute atomic E-state index is 0.352. The summed E-state index contributed by atoms with van der Waals surface area (Å²) in [4.78, 5) is 20.7. The Labute approximate surface area is 102 Å². The minimum Gasteiger partial charge on any atom is -0.293 e. The summed E-state index contributed by atoms with van der Waals surface area (Å²) in [6, 6.07) is 9.67. The van der Waals surface area contributed by atoms with Crippen LogP contribution in [0.25, 0.3) is 0 Å². The zero-order valence-electron chi connectivity index (χ0n) is 10.4. The van der Waals surface area contributed by atoms with Crippen molar-refractivity contribution in [3.63, 3.8) is 0 Å². The Morgan fingerprint density at radius 3 is 2.41 bits per heavy atom. The fraction of sp³-hybridized carbons (Fsp3) is 0.286. The largest absolute Gasteiger partial charge is 0.369 e. The van der Waals surface area contributed by atoms with Gasteiger partial charge in [-0.25, -0.2) is 4.79 Å². The average Bonchev–Trinajstić information content (AvgIpc) is 2.36. The molecule has 0 unspecified atom stereocenters. The third-order valence-corrected chi connectivity index (χ3v) is 2.72. The molecule has 0 aromatic heterocycles. The maximum absolute atomic E-state index is 11.7. The van der Waals surface area contributed by atoms with Gasteiger partial charge in [-0.2, -0.15) is 4.89 Å². The lowest BCUT2D eigenvalue weighted by molar-refractivity contribution is -0.247. The van der Waals surface area contributed by atoms with E-state index < -0.39 is 11.4 Å². The predicted molar refractivity (Wildman–Crippen MR) is 65.8 cm³/mol. The molecule has 17 heavy (non-hydrogen) atoms. The standard InChI is InChI=1S/C14H17O3/c1-5-16-17-13(15)11(2)14(3,4)12-9-7-6-8-10-12/h5-10H,2H2,1,3-4H3. The molecule has 3 nitrogen and oxygen atoms in total. The lowest BCUT2D eigenvalue weighted by atomic mass is 9.78. The lowest BCUT2D eigenvalue weighted by Crippen LogP contribution is -2.26. The lowest BCUT2D eigenvalue weighted by Gasteiger charge is -2.25. The van der Waals surface area contributed by atoms with Crippen molar-refractivity contribution in [1.82, 2.24) is 0 Å². The maximum Gasteiger partial charge on any atom is 0.369 e. The van der Waals surface area contributed by atoms with Gasteiger partial charge in [0.1, 0.15) is 6.61 Å². The monoisotopic (exact) mass is 233 g/mol. The number of carbonyl (C=O) groups is 1. The first-order valence-electron chi connectivity index (χ1n) is 5.40. The van der Waals surface area contributed by atoms with E-state index in [0.29, 0.717) is 5.57 Å². The fourth-order valence-electron chi connectivity index (χ4n) is 1.43. The van der Waals surface area contributed by atoms with Crippen LogP contribution in [-0.4, -0.2) is 5.97 Å². The molecule has 1 rings (SSSR count). The summed E-state index contributed by atoms with van der Waals surface area (Å²) in [5.74, 6) is -0.558. The molecule has 0 spiro atoms. The first-order chi connectivity index (χ1) is 8.00. The van der Waals surface area contributed by atoms with E-state index >= 15 is 0 Å². The number of benzene rings is 1. The number of hydrogen-bond donors (Lipinski definition) is 0. The molecule has 0 N–H and O–H groups in total. The molecule has 0 atom stereocenters. The van der Waals surface area contributed by atoms with Crippen molar-refractivity contribution in [3.05, 3.63) is 54.7 Å². The average molecular weight is 233 g/mol. The van der Waals surface area contributed by atoms with Gasteiger partial charge in [-0.3, -0.25) is 4.89 Å². The fourth-order valence-corrected chi connectivity index (χ4v) is 1.43. The topological polar surface area (TPSA) is 35.5 Å². The first kappa shape index (κ1) is 13.5. The Hall–Kier alpha value is -1.61. The molecule has 0 saturated carbocycles. The van der Waals surface area contributed by atoms with Crippen molar-refractivity contribution >= 4 is 5.97 Å². The summed E-state index contributed by atoms with van der Waals surface area (Å²) in [6.07, 6.45) is 0. The molecule has 3 heteroatoms. The highest BCUT2D eigenvalue weighted by atomic mass is 17.2. The van der Waals surface area contributed by atoms with E-state index in [1.165, 1.54) is 6.61 Å². The van der Waals surface area contributed by atoms with E-state index in [4.69, 9.17) is 0 Å². The van der Waals surface area contributed by atoms with Crippen LogP contribution in [0.5, 0.6) is 0 Å². The molecule has 0 heterocycles. The normalized spacial score (nSPS) is 11.0. The van der Waals surface area contributed by atoms with Crippen molar-refractivity contribution in [1.29, 1.82) is 0 Å². The van der Waals surface area contributed by atoms with Gasteiger partial charge >= 0.3 is 5.97 Å². The summed E-state index contributed by atoms with van der Waals surface area (Å²) in [6.45, 7) is 10.5. The number of rotatable bonds is 5. The zero-order valence-corrected chi connectivity index (χ0v) is 10.4. The van der Waals surface area contributed by atoms with Crippen LogP contribution in [0, 0.1) is 6.61 Å². The molecule has 0 amide bonds. The Morgan fingerprint density at radius 1 is 1.29 bits per heavy atom. The molecule has 0 aliphatic heterocycles. The van der Waals surface area contributed by atoms with Gasteiger partial charge in [0.25, 0.3) is 0 Å². The van der Waals surface area contributed by atoms with Crippen LogP contribution >= 0.6 is 0 Å². The van der Waals surface area contributed by atoms with Crippen LogP contribution in [0.4, 0.5) is 0 Å². The molecule has 0 aliphatic carbocycles. The molecular weight excluding hydrogens is 216 g/mol. The molecule has 0 aliphatic rings. The van der Waals surface area contributed by atoms with Gasteiger partial charge in [-0.05, 0) is 12.5 Å². The zero-order chi connectivity index (χ0) is 12.9. The summed E-state index contributed by atoms with van der Waals surface area (Å²) in [7, 11) is 0. The molecule has 0 bridgehead atoms. The predicted octanol–water partition coefficient (Wildman–Crippen LogP) is 3.18. The highest BCUT2D eigenvalue weighted by Gasteiger charge is 2.30. The Morgan fingerprint density at radius 2 is 1.88 bits per heavy atom. The van der Waals surface area contributed by atoms with Crippen LogP contribution in [-0.2, 0) is 20.0 Å². The first-order valence-corrected chi connectivity index (χ1v) is 5.40. The van der Waals surface area contributed by atoms with Gasteiger partial charge < -0.3 is 0 Å². The van der Waals surface area contributed by atoms with E-state index in [0.717, 1.165) is 5.56 Å². The van der Waals surface area contributed by atoms with E-state index in [-0.39, 0.29) is 0 Å². The van der Waals surface area contributed by atoms with E-state index in [9.17, 15) is 4.79 Å².